The number of nitrogens with zero attached hydrogens (tertiary/aromatic N) is 2. The zero-order valence-corrected chi connectivity index (χ0v) is 14.4. The molecule has 0 unspecified atom stereocenters. The second-order valence-corrected chi connectivity index (χ2v) is 6.24. The van der Waals surface area contributed by atoms with Crippen LogP contribution in [0.2, 0.25) is 0 Å². The van der Waals surface area contributed by atoms with E-state index in [-0.39, 0.29) is 0 Å². The maximum absolute atomic E-state index is 5.70. The highest BCUT2D eigenvalue weighted by atomic mass is 16.5. The molecule has 0 atom stereocenters. The Labute approximate surface area is 141 Å². The normalized spacial score (nSPS) is 16.2. The minimum atomic E-state index is 0.555. The Morgan fingerprint density at radius 2 is 1.83 bits per heavy atom. The molecule has 2 aromatic rings. The molecule has 6 heteroatoms. The maximum atomic E-state index is 5.70. The van der Waals surface area contributed by atoms with Gasteiger partial charge in [-0.15, -0.1) is 0 Å². The first-order valence-corrected chi connectivity index (χ1v) is 8.49. The van der Waals surface area contributed by atoms with Gasteiger partial charge in [0.1, 0.15) is 5.69 Å². The minimum absolute atomic E-state index is 0.555. The van der Waals surface area contributed by atoms with Crippen LogP contribution in [0.4, 0.5) is 5.69 Å². The summed E-state index contributed by atoms with van der Waals surface area (Å²) in [5.41, 5.74) is 4.46. The van der Waals surface area contributed by atoms with E-state index in [4.69, 9.17) is 14.2 Å². The second kappa shape index (κ2) is 5.92. The quantitative estimate of drug-likeness (QED) is 0.913. The van der Waals surface area contributed by atoms with Gasteiger partial charge in [0.15, 0.2) is 11.5 Å². The molecule has 0 radical (unpaired) electrons. The number of methoxy groups -OCH3 is 2. The van der Waals surface area contributed by atoms with Crippen molar-refractivity contribution in [2.75, 3.05) is 38.8 Å². The van der Waals surface area contributed by atoms with Crippen molar-refractivity contribution in [1.29, 1.82) is 0 Å². The molecule has 1 N–H and O–H groups in total. The number of benzene rings is 1. The van der Waals surface area contributed by atoms with Gasteiger partial charge in [0.05, 0.1) is 32.2 Å². The van der Waals surface area contributed by atoms with Crippen LogP contribution < -0.4 is 19.1 Å². The Morgan fingerprint density at radius 3 is 2.42 bits per heavy atom. The van der Waals surface area contributed by atoms with E-state index in [9.17, 15) is 0 Å². The Hall–Kier alpha value is -2.37. The number of hydrogen-bond acceptors (Lipinski definition) is 5. The molecular weight excluding hydrogens is 306 g/mol. The van der Waals surface area contributed by atoms with Crippen molar-refractivity contribution < 1.29 is 14.2 Å². The number of piperidine rings is 1. The van der Waals surface area contributed by atoms with E-state index < -0.39 is 0 Å². The fourth-order valence-corrected chi connectivity index (χ4v) is 3.85. The third kappa shape index (κ3) is 2.20. The summed E-state index contributed by atoms with van der Waals surface area (Å²) in [4.78, 5) is 2.43. The zero-order chi connectivity index (χ0) is 16.7. The van der Waals surface area contributed by atoms with Crippen molar-refractivity contribution in [2.24, 2.45) is 0 Å². The van der Waals surface area contributed by atoms with Crippen LogP contribution in [0.25, 0.3) is 11.3 Å². The standard InChI is InChI=1S/C18H23N3O3/c1-4-24-18-13(22-2)9-12(10-14(18)23-3)16-17-15(19-20-16)11-5-7-21(17)8-6-11/h9-11H,4-8H2,1-3H3,(H,19,20). The van der Waals surface area contributed by atoms with Crippen LogP contribution in [0.5, 0.6) is 17.2 Å². The minimum Gasteiger partial charge on any atom is -0.493 e. The smallest absolute Gasteiger partial charge is 0.203 e. The van der Waals surface area contributed by atoms with Crippen molar-refractivity contribution in [3.8, 4) is 28.5 Å². The third-order valence-corrected chi connectivity index (χ3v) is 5.01. The molecule has 1 aromatic heterocycles. The van der Waals surface area contributed by atoms with Crippen LogP contribution in [0.15, 0.2) is 12.1 Å². The summed E-state index contributed by atoms with van der Waals surface area (Å²) in [7, 11) is 3.29. The lowest BCUT2D eigenvalue weighted by Crippen LogP contribution is -2.38. The van der Waals surface area contributed by atoms with E-state index in [1.807, 2.05) is 19.1 Å². The van der Waals surface area contributed by atoms with Crippen LogP contribution in [-0.4, -0.2) is 44.1 Å². The summed E-state index contributed by atoms with van der Waals surface area (Å²) >= 11 is 0. The predicted octanol–water partition coefficient (Wildman–Crippen LogP) is 3.19. The van der Waals surface area contributed by atoms with E-state index in [0.717, 1.165) is 24.3 Å². The average Bonchev–Trinajstić information content (AvgIpc) is 3.10. The first-order chi connectivity index (χ1) is 11.8. The van der Waals surface area contributed by atoms with Crippen LogP contribution in [0, 0.1) is 0 Å². The Morgan fingerprint density at radius 1 is 1.17 bits per heavy atom. The molecule has 5 rings (SSSR count). The molecule has 6 nitrogen and oxygen atoms in total. The van der Waals surface area contributed by atoms with Crippen molar-refractivity contribution >= 4 is 5.69 Å². The Kier molecular flexibility index (Phi) is 3.75. The van der Waals surface area contributed by atoms with Gasteiger partial charge in [-0.3, -0.25) is 5.10 Å². The fraction of sp³-hybridized carbons (Fsp3) is 0.500. The Balaban J connectivity index is 1.84. The van der Waals surface area contributed by atoms with Crippen molar-refractivity contribution in [2.45, 2.75) is 25.7 Å². The molecule has 24 heavy (non-hydrogen) atoms. The molecule has 0 saturated carbocycles. The second-order valence-electron chi connectivity index (χ2n) is 6.24. The largest absolute Gasteiger partial charge is 0.493 e. The molecule has 1 fully saturated rings. The van der Waals surface area contributed by atoms with Gasteiger partial charge in [-0.25, -0.2) is 0 Å². The summed E-state index contributed by atoms with van der Waals surface area (Å²) in [6, 6.07) is 3.96. The lowest BCUT2D eigenvalue weighted by atomic mass is 9.86. The first kappa shape index (κ1) is 15.2. The van der Waals surface area contributed by atoms with Crippen molar-refractivity contribution in [3.63, 3.8) is 0 Å². The fourth-order valence-electron chi connectivity index (χ4n) is 3.85. The van der Waals surface area contributed by atoms with E-state index >= 15 is 0 Å². The highest BCUT2D eigenvalue weighted by molar-refractivity contribution is 5.81. The number of ether oxygens (including phenoxy) is 3. The summed E-state index contributed by atoms with van der Waals surface area (Å²) in [5.74, 6) is 2.58. The molecule has 2 bridgehead atoms. The van der Waals surface area contributed by atoms with Crippen LogP contribution >= 0.6 is 0 Å². The molecule has 3 aliphatic heterocycles. The predicted molar refractivity (Wildman–Crippen MR) is 92.5 cm³/mol. The molecule has 0 spiro atoms. The summed E-state index contributed by atoms with van der Waals surface area (Å²) in [5, 5.41) is 7.88. The Bertz CT molecular complexity index is 723. The summed E-state index contributed by atoms with van der Waals surface area (Å²) in [6.07, 6.45) is 2.43. The topological polar surface area (TPSA) is 59.6 Å². The molecular formula is C18H23N3O3. The molecule has 4 heterocycles. The van der Waals surface area contributed by atoms with Crippen LogP contribution in [0.3, 0.4) is 0 Å². The van der Waals surface area contributed by atoms with Crippen molar-refractivity contribution in [1.82, 2.24) is 10.2 Å². The molecule has 0 aliphatic carbocycles. The van der Waals surface area contributed by atoms with Gasteiger partial charge in [0.2, 0.25) is 5.75 Å². The number of H-pyrrole nitrogens is 1. The average molecular weight is 329 g/mol. The lowest BCUT2D eigenvalue weighted by Gasteiger charge is -2.40. The van der Waals surface area contributed by atoms with Crippen LogP contribution in [0.1, 0.15) is 31.4 Å². The zero-order valence-electron chi connectivity index (χ0n) is 14.4. The van der Waals surface area contributed by atoms with Gasteiger partial charge in [0.25, 0.3) is 0 Å². The molecule has 0 amide bonds. The van der Waals surface area contributed by atoms with Gasteiger partial charge >= 0.3 is 0 Å². The van der Waals surface area contributed by atoms with Gasteiger partial charge in [-0.05, 0) is 31.9 Å². The number of anilines is 1. The van der Waals surface area contributed by atoms with Crippen LogP contribution in [-0.2, 0) is 0 Å². The third-order valence-electron chi connectivity index (χ3n) is 5.01. The monoisotopic (exact) mass is 329 g/mol. The van der Waals surface area contributed by atoms with Gasteiger partial charge < -0.3 is 19.1 Å². The van der Waals surface area contributed by atoms with E-state index in [1.165, 1.54) is 24.2 Å². The maximum Gasteiger partial charge on any atom is 0.203 e. The van der Waals surface area contributed by atoms with Crippen molar-refractivity contribution in [3.05, 3.63) is 17.8 Å². The molecule has 128 valence electrons. The number of fused-ring (bicyclic) bond motifs is 2. The first-order valence-electron chi connectivity index (χ1n) is 8.49. The number of nitrogens with one attached hydrogen (secondary N) is 1. The van der Waals surface area contributed by atoms with E-state index in [2.05, 4.69) is 15.1 Å². The highest BCUT2D eigenvalue weighted by Crippen LogP contribution is 2.48. The van der Waals surface area contributed by atoms with Gasteiger partial charge in [-0.2, -0.15) is 5.10 Å². The summed E-state index contributed by atoms with van der Waals surface area (Å²) in [6.45, 7) is 4.71. The van der Waals surface area contributed by atoms with Gasteiger partial charge in [-0.1, -0.05) is 0 Å². The molecule has 3 aliphatic rings. The number of aromatic amines is 1. The van der Waals surface area contributed by atoms with E-state index in [1.54, 1.807) is 14.2 Å². The molecule has 1 aromatic carbocycles. The van der Waals surface area contributed by atoms with Gasteiger partial charge in [0, 0.05) is 24.6 Å². The summed E-state index contributed by atoms with van der Waals surface area (Å²) < 4.78 is 16.8. The lowest BCUT2D eigenvalue weighted by molar-refractivity contribution is 0.288. The highest BCUT2D eigenvalue weighted by Gasteiger charge is 2.35. The number of rotatable bonds is 5. The number of aromatic nitrogens is 2. The van der Waals surface area contributed by atoms with E-state index in [0.29, 0.717) is 29.8 Å². The molecule has 1 saturated heterocycles. The number of hydrogen-bond donors (Lipinski definition) is 1. The SMILES string of the molecule is CCOc1c(OC)cc(-c2n[nH]c3c2N2CCC3CC2)cc1OC.